The van der Waals surface area contributed by atoms with Crippen molar-refractivity contribution in [3.63, 3.8) is 0 Å². The normalized spacial score (nSPS) is 17.9. The van der Waals surface area contributed by atoms with Crippen LogP contribution < -0.4 is 16.0 Å². The van der Waals surface area contributed by atoms with Crippen LogP contribution in [0.1, 0.15) is 61.3 Å². The van der Waals surface area contributed by atoms with Gasteiger partial charge in [-0.25, -0.2) is 4.79 Å². The predicted molar refractivity (Wildman–Crippen MR) is 123 cm³/mol. The van der Waals surface area contributed by atoms with Crippen LogP contribution in [-0.2, 0) is 9.47 Å². The Bertz CT molecular complexity index is 523. The second-order valence-corrected chi connectivity index (χ2v) is 9.63. The van der Waals surface area contributed by atoms with Gasteiger partial charge in [-0.2, -0.15) is 0 Å². The lowest BCUT2D eigenvalue weighted by molar-refractivity contribution is 0.0491. The topological polar surface area (TPSA) is 87.2 Å². The number of piperidine rings is 1. The second-order valence-electron chi connectivity index (χ2n) is 9.63. The van der Waals surface area contributed by atoms with Crippen molar-refractivity contribution in [2.45, 2.75) is 85.1 Å². The monoisotopic (exact) mass is 427 g/mol. The number of rotatable bonds is 9. The molecule has 0 aromatic carbocycles. The molecule has 1 heterocycles. The summed E-state index contributed by atoms with van der Waals surface area (Å²) in [7, 11) is 1.78. The first kappa shape index (κ1) is 26.5. The zero-order valence-electron chi connectivity index (χ0n) is 20.4. The maximum atomic E-state index is 12.1. The molecule has 1 atom stereocenters. The molecule has 0 saturated carbocycles. The molecule has 1 unspecified atom stereocenters. The molecule has 1 amide bonds. The lowest BCUT2D eigenvalue weighted by Crippen LogP contribution is -2.53. The van der Waals surface area contributed by atoms with Crippen molar-refractivity contribution >= 4 is 12.1 Å². The summed E-state index contributed by atoms with van der Waals surface area (Å²) >= 11 is 0. The third-order valence-corrected chi connectivity index (χ3v) is 5.01. The fourth-order valence-corrected chi connectivity index (χ4v) is 3.23. The highest BCUT2D eigenvalue weighted by Crippen LogP contribution is 2.11. The van der Waals surface area contributed by atoms with Gasteiger partial charge in [0.05, 0.1) is 18.8 Å². The first-order valence-corrected chi connectivity index (χ1v) is 11.3. The van der Waals surface area contributed by atoms with Gasteiger partial charge in [0.15, 0.2) is 5.96 Å². The number of carbonyl (C=O) groups excluding carboxylic acids is 1. The smallest absolute Gasteiger partial charge is 0.407 e. The first-order valence-electron chi connectivity index (χ1n) is 11.3. The Morgan fingerprint density at radius 2 is 1.80 bits per heavy atom. The van der Waals surface area contributed by atoms with E-state index in [4.69, 9.17) is 9.47 Å². The van der Waals surface area contributed by atoms with E-state index in [0.29, 0.717) is 12.6 Å². The molecule has 1 rings (SSSR count). The number of amides is 1. The second kappa shape index (κ2) is 13.0. The van der Waals surface area contributed by atoms with Gasteiger partial charge in [-0.05, 0) is 53.4 Å². The Labute approximate surface area is 183 Å². The van der Waals surface area contributed by atoms with Gasteiger partial charge in [0, 0.05) is 39.3 Å². The van der Waals surface area contributed by atoms with Crippen LogP contribution in [0.4, 0.5) is 4.79 Å². The number of hydrogen-bond donors (Lipinski definition) is 3. The van der Waals surface area contributed by atoms with Gasteiger partial charge >= 0.3 is 6.09 Å². The van der Waals surface area contributed by atoms with E-state index in [9.17, 15) is 4.79 Å². The van der Waals surface area contributed by atoms with Crippen molar-refractivity contribution in [1.82, 2.24) is 20.9 Å². The standard InChI is InChI=1S/C22H45N5O3/c1-16(2)19(26-21(28)30-22(5,6)7)15-24-20(23-8)25-18-9-11-27(12-10-18)13-14-29-17(3)4/h16-19H,9-15H2,1-8H3,(H,26,28)(H2,23,24,25). The van der Waals surface area contributed by atoms with Crippen molar-refractivity contribution in [1.29, 1.82) is 0 Å². The fraction of sp³-hybridized carbons (Fsp3) is 0.909. The largest absolute Gasteiger partial charge is 0.444 e. The molecule has 1 fully saturated rings. The molecule has 3 N–H and O–H groups in total. The number of nitrogens with zero attached hydrogens (tertiary/aromatic N) is 2. The van der Waals surface area contributed by atoms with E-state index in [1.165, 1.54) is 0 Å². The summed E-state index contributed by atoms with van der Waals surface area (Å²) in [4.78, 5) is 18.9. The van der Waals surface area contributed by atoms with Crippen LogP contribution in [-0.4, -0.2) is 80.6 Å². The fourth-order valence-electron chi connectivity index (χ4n) is 3.23. The number of hydrogen-bond acceptors (Lipinski definition) is 5. The number of carbonyl (C=O) groups is 1. The van der Waals surface area contributed by atoms with Crippen LogP contribution in [0, 0.1) is 5.92 Å². The van der Waals surface area contributed by atoms with Crippen LogP contribution in [0.5, 0.6) is 0 Å². The minimum atomic E-state index is -0.508. The van der Waals surface area contributed by atoms with Gasteiger partial charge in [-0.15, -0.1) is 0 Å². The number of aliphatic imine (C=N–C) groups is 1. The Morgan fingerprint density at radius 1 is 1.17 bits per heavy atom. The minimum Gasteiger partial charge on any atom is -0.444 e. The molecule has 30 heavy (non-hydrogen) atoms. The summed E-state index contributed by atoms with van der Waals surface area (Å²) in [5, 5.41) is 9.85. The van der Waals surface area contributed by atoms with Gasteiger partial charge in [0.1, 0.15) is 5.60 Å². The number of alkyl carbamates (subject to hydrolysis) is 1. The van der Waals surface area contributed by atoms with E-state index in [1.807, 2.05) is 20.8 Å². The maximum absolute atomic E-state index is 12.1. The zero-order valence-corrected chi connectivity index (χ0v) is 20.4. The van der Waals surface area contributed by atoms with Gasteiger partial charge in [-0.1, -0.05) is 13.8 Å². The summed E-state index contributed by atoms with van der Waals surface area (Å²) < 4.78 is 11.0. The Kier molecular flexibility index (Phi) is 11.5. The highest BCUT2D eigenvalue weighted by atomic mass is 16.6. The first-order chi connectivity index (χ1) is 14.0. The molecule has 0 aromatic rings. The lowest BCUT2D eigenvalue weighted by atomic mass is 10.0. The third kappa shape index (κ3) is 11.6. The summed E-state index contributed by atoms with van der Waals surface area (Å²) in [6, 6.07) is 0.344. The Balaban J connectivity index is 2.40. The summed E-state index contributed by atoms with van der Waals surface area (Å²) in [6.07, 6.45) is 2.05. The minimum absolute atomic E-state index is 0.0544. The van der Waals surface area contributed by atoms with Crippen LogP contribution >= 0.6 is 0 Å². The SMILES string of the molecule is CN=C(NCC(NC(=O)OC(C)(C)C)C(C)C)NC1CCN(CCOC(C)C)CC1. The molecule has 176 valence electrons. The van der Waals surface area contributed by atoms with Gasteiger partial charge in [0.25, 0.3) is 0 Å². The summed E-state index contributed by atoms with van der Waals surface area (Å²) in [5.74, 6) is 1.03. The molecule has 0 spiro atoms. The molecular formula is C22H45N5O3. The van der Waals surface area contributed by atoms with E-state index in [2.05, 4.69) is 53.5 Å². The Morgan fingerprint density at radius 3 is 2.30 bits per heavy atom. The highest BCUT2D eigenvalue weighted by molar-refractivity contribution is 5.80. The van der Waals surface area contributed by atoms with E-state index >= 15 is 0 Å². The molecule has 8 heteroatoms. The summed E-state index contributed by atoms with van der Waals surface area (Å²) in [5.41, 5.74) is -0.508. The van der Waals surface area contributed by atoms with Crippen LogP contribution in [0.3, 0.4) is 0 Å². The van der Waals surface area contributed by atoms with Gasteiger partial charge < -0.3 is 30.3 Å². The lowest BCUT2D eigenvalue weighted by Gasteiger charge is -2.33. The highest BCUT2D eigenvalue weighted by Gasteiger charge is 2.23. The molecule has 0 aliphatic carbocycles. The number of likely N-dealkylation sites (tertiary alicyclic amines) is 1. The van der Waals surface area contributed by atoms with E-state index in [0.717, 1.165) is 45.0 Å². The molecule has 8 nitrogen and oxygen atoms in total. The molecule has 1 saturated heterocycles. The Hall–Kier alpha value is -1.54. The van der Waals surface area contributed by atoms with Crippen molar-refractivity contribution in [3.8, 4) is 0 Å². The van der Waals surface area contributed by atoms with Gasteiger partial charge in [0.2, 0.25) is 0 Å². The number of ether oxygens (including phenoxy) is 2. The van der Waals surface area contributed by atoms with E-state index in [1.54, 1.807) is 7.05 Å². The molecule has 1 aliphatic rings. The average Bonchev–Trinajstić information content (AvgIpc) is 2.63. The van der Waals surface area contributed by atoms with E-state index in [-0.39, 0.29) is 24.2 Å². The van der Waals surface area contributed by atoms with E-state index < -0.39 is 5.60 Å². The van der Waals surface area contributed by atoms with Crippen molar-refractivity contribution < 1.29 is 14.3 Å². The maximum Gasteiger partial charge on any atom is 0.407 e. The molecular weight excluding hydrogens is 382 g/mol. The number of nitrogens with one attached hydrogen (secondary N) is 3. The van der Waals surface area contributed by atoms with Crippen molar-refractivity contribution in [2.24, 2.45) is 10.9 Å². The molecule has 0 radical (unpaired) electrons. The third-order valence-electron chi connectivity index (χ3n) is 5.01. The van der Waals surface area contributed by atoms with Crippen molar-refractivity contribution in [3.05, 3.63) is 0 Å². The zero-order chi connectivity index (χ0) is 22.7. The molecule has 0 bridgehead atoms. The summed E-state index contributed by atoms with van der Waals surface area (Å²) in [6.45, 7) is 18.4. The van der Waals surface area contributed by atoms with Crippen LogP contribution in [0.25, 0.3) is 0 Å². The van der Waals surface area contributed by atoms with Crippen molar-refractivity contribution in [2.75, 3.05) is 39.8 Å². The van der Waals surface area contributed by atoms with Gasteiger partial charge in [-0.3, -0.25) is 4.99 Å². The quantitative estimate of drug-likeness (QED) is 0.387. The number of guanidine groups is 1. The average molecular weight is 428 g/mol. The molecule has 1 aliphatic heterocycles. The van der Waals surface area contributed by atoms with Crippen LogP contribution in [0.15, 0.2) is 4.99 Å². The molecule has 0 aromatic heterocycles. The predicted octanol–water partition coefficient (Wildman–Crippen LogP) is 2.59. The van der Waals surface area contributed by atoms with Crippen LogP contribution in [0.2, 0.25) is 0 Å².